The lowest BCUT2D eigenvalue weighted by atomic mass is 9.63. The van der Waals surface area contributed by atoms with Gasteiger partial charge in [0.05, 0.1) is 0 Å². The van der Waals surface area contributed by atoms with Crippen molar-refractivity contribution in [1.29, 1.82) is 0 Å². The minimum atomic E-state index is 0.180. The lowest BCUT2D eigenvalue weighted by molar-refractivity contribution is 0.0975. The molecular weight excluding hydrogens is 256 g/mol. The van der Waals surface area contributed by atoms with Crippen LogP contribution in [0.3, 0.4) is 0 Å². The summed E-state index contributed by atoms with van der Waals surface area (Å²) in [4.78, 5) is 12.4. The number of Topliss-reactive ketones (excluding diaryl/α,β-unsaturated/α-hetero) is 1. The zero-order chi connectivity index (χ0) is 15.8. The normalized spacial score (nSPS) is 19.4. The molecule has 0 heterocycles. The standard InChI is InChI=1S/C20H30O/c1-14(2)7-10-18(21)15-8-9-16-17(13-15)20(5,6)12-11-19(16,3)4/h8-9,13-14H,7,10-12H2,1-6H3. The van der Waals surface area contributed by atoms with Gasteiger partial charge in [0.2, 0.25) is 0 Å². The minimum absolute atomic E-state index is 0.180. The molecule has 1 heteroatoms. The van der Waals surface area contributed by atoms with E-state index in [0.717, 1.165) is 12.0 Å². The molecule has 0 aromatic heterocycles. The molecule has 0 bridgehead atoms. The highest BCUT2D eigenvalue weighted by Crippen LogP contribution is 2.45. The Kier molecular flexibility index (Phi) is 4.33. The zero-order valence-electron chi connectivity index (χ0n) is 14.5. The first-order valence-corrected chi connectivity index (χ1v) is 8.32. The molecule has 0 aliphatic heterocycles. The van der Waals surface area contributed by atoms with Crippen LogP contribution < -0.4 is 0 Å². The first-order chi connectivity index (χ1) is 9.63. The van der Waals surface area contributed by atoms with Gasteiger partial charge in [-0.1, -0.05) is 53.7 Å². The van der Waals surface area contributed by atoms with Gasteiger partial charge in [0.1, 0.15) is 0 Å². The summed E-state index contributed by atoms with van der Waals surface area (Å²) >= 11 is 0. The number of carbonyl (C=O) groups is 1. The van der Waals surface area contributed by atoms with E-state index in [2.05, 4.69) is 53.7 Å². The van der Waals surface area contributed by atoms with E-state index in [1.807, 2.05) is 6.07 Å². The van der Waals surface area contributed by atoms with E-state index in [-0.39, 0.29) is 10.8 Å². The lowest BCUT2D eigenvalue weighted by Crippen LogP contribution is -2.34. The molecule has 1 aliphatic carbocycles. The van der Waals surface area contributed by atoms with Crippen molar-refractivity contribution in [3.8, 4) is 0 Å². The summed E-state index contributed by atoms with van der Waals surface area (Å²) in [5.41, 5.74) is 4.12. The molecule has 116 valence electrons. The smallest absolute Gasteiger partial charge is 0.162 e. The molecule has 1 nitrogen and oxygen atoms in total. The van der Waals surface area contributed by atoms with Gasteiger partial charge in [-0.15, -0.1) is 0 Å². The van der Waals surface area contributed by atoms with Gasteiger partial charge in [0, 0.05) is 12.0 Å². The summed E-state index contributed by atoms with van der Waals surface area (Å²) < 4.78 is 0. The average Bonchev–Trinajstić information content (AvgIpc) is 2.41. The minimum Gasteiger partial charge on any atom is -0.294 e. The van der Waals surface area contributed by atoms with E-state index in [4.69, 9.17) is 0 Å². The van der Waals surface area contributed by atoms with E-state index in [9.17, 15) is 4.79 Å². The number of benzene rings is 1. The summed E-state index contributed by atoms with van der Waals surface area (Å²) in [5, 5.41) is 0. The number of hydrogen-bond donors (Lipinski definition) is 0. The van der Waals surface area contributed by atoms with Crippen molar-refractivity contribution in [2.45, 2.75) is 78.1 Å². The largest absolute Gasteiger partial charge is 0.294 e. The predicted octanol–water partition coefficient (Wildman–Crippen LogP) is 5.65. The molecule has 0 radical (unpaired) electrons. The van der Waals surface area contributed by atoms with Crippen molar-refractivity contribution in [3.05, 3.63) is 34.9 Å². The van der Waals surface area contributed by atoms with Gasteiger partial charge in [-0.2, -0.15) is 0 Å². The summed E-state index contributed by atoms with van der Waals surface area (Å²) in [7, 11) is 0. The molecule has 0 amide bonds. The van der Waals surface area contributed by atoms with Crippen LogP contribution in [-0.2, 0) is 10.8 Å². The Hall–Kier alpha value is -1.11. The highest BCUT2D eigenvalue weighted by atomic mass is 16.1. The van der Waals surface area contributed by atoms with Gasteiger partial charge >= 0.3 is 0 Å². The van der Waals surface area contributed by atoms with Gasteiger partial charge < -0.3 is 0 Å². The molecule has 1 aliphatic rings. The fraction of sp³-hybridized carbons (Fsp3) is 0.650. The third kappa shape index (κ3) is 3.39. The second-order valence-electron chi connectivity index (χ2n) is 8.38. The Morgan fingerprint density at radius 1 is 1.05 bits per heavy atom. The number of carbonyl (C=O) groups excluding carboxylic acids is 1. The van der Waals surface area contributed by atoms with E-state index in [1.54, 1.807) is 0 Å². The van der Waals surface area contributed by atoms with Gasteiger partial charge in [0.25, 0.3) is 0 Å². The van der Waals surface area contributed by atoms with Crippen molar-refractivity contribution >= 4 is 5.78 Å². The van der Waals surface area contributed by atoms with Crippen molar-refractivity contribution in [2.24, 2.45) is 5.92 Å². The molecule has 0 unspecified atom stereocenters. The second-order valence-corrected chi connectivity index (χ2v) is 8.38. The Morgan fingerprint density at radius 2 is 1.62 bits per heavy atom. The van der Waals surface area contributed by atoms with E-state index in [1.165, 1.54) is 24.0 Å². The molecule has 2 rings (SSSR count). The number of fused-ring (bicyclic) bond motifs is 1. The first kappa shape index (κ1) is 16.3. The quantitative estimate of drug-likeness (QED) is 0.653. The van der Waals surface area contributed by atoms with Crippen LogP contribution in [0.2, 0.25) is 0 Å². The van der Waals surface area contributed by atoms with Crippen LogP contribution in [0.15, 0.2) is 18.2 Å². The molecule has 0 atom stereocenters. The van der Waals surface area contributed by atoms with Crippen molar-refractivity contribution < 1.29 is 4.79 Å². The summed E-state index contributed by atoms with van der Waals surface area (Å²) in [6, 6.07) is 6.43. The van der Waals surface area contributed by atoms with E-state index in [0.29, 0.717) is 18.1 Å². The maximum atomic E-state index is 12.4. The Balaban J connectivity index is 2.35. The van der Waals surface area contributed by atoms with Crippen LogP contribution in [0.1, 0.15) is 88.7 Å². The molecule has 0 saturated heterocycles. The highest BCUT2D eigenvalue weighted by Gasteiger charge is 2.37. The third-order valence-corrected chi connectivity index (χ3v) is 5.12. The molecule has 1 aromatic rings. The van der Waals surface area contributed by atoms with Crippen molar-refractivity contribution in [1.82, 2.24) is 0 Å². The average molecular weight is 286 g/mol. The van der Waals surface area contributed by atoms with Gasteiger partial charge in [-0.05, 0) is 53.2 Å². The van der Waals surface area contributed by atoms with Gasteiger partial charge in [-0.25, -0.2) is 0 Å². The molecule has 21 heavy (non-hydrogen) atoms. The van der Waals surface area contributed by atoms with E-state index >= 15 is 0 Å². The fourth-order valence-corrected chi connectivity index (χ4v) is 3.33. The van der Waals surface area contributed by atoms with Crippen LogP contribution in [-0.4, -0.2) is 5.78 Å². The van der Waals surface area contributed by atoms with Crippen molar-refractivity contribution in [2.75, 3.05) is 0 Å². The first-order valence-electron chi connectivity index (χ1n) is 8.32. The Bertz CT molecular complexity index is 535. The predicted molar refractivity (Wildman–Crippen MR) is 90.1 cm³/mol. The fourth-order valence-electron chi connectivity index (χ4n) is 3.33. The summed E-state index contributed by atoms with van der Waals surface area (Å²) in [6.07, 6.45) is 4.05. The van der Waals surface area contributed by atoms with Crippen LogP contribution in [0, 0.1) is 5.92 Å². The summed E-state index contributed by atoms with van der Waals surface area (Å²) in [5.74, 6) is 0.882. The zero-order valence-corrected chi connectivity index (χ0v) is 14.5. The molecule has 0 saturated carbocycles. The van der Waals surface area contributed by atoms with Crippen LogP contribution in [0.5, 0.6) is 0 Å². The Morgan fingerprint density at radius 3 is 2.19 bits per heavy atom. The maximum absolute atomic E-state index is 12.4. The van der Waals surface area contributed by atoms with Crippen LogP contribution in [0.25, 0.3) is 0 Å². The highest BCUT2D eigenvalue weighted by molar-refractivity contribution is 5.96. The molecule has 1 aromatic carbocycles. The molecule has 0 fully saturated rings. The Labute approximate surface area is 130 Å². The lowest BCUT2D eigenvalue weighted by Gasteiger charge is -2.42. The molecule has 0 N–H and O–H groups in total. The molecular formula is C20H30O. The second kappa shape index (κ2) is 5.59. The van der Waals surface area contributed by atoms with Gasteiger partial charge in [-0.3, -0.25) is 4.79 Å². The molecule has 0 spiro atoms. The van der Waals surface area contributed by atoms with E-state index < -0.39 is 0 Å². The van der Waals surface area contributed by atoms with Crippen molar-refractivity contribution in [3.63, 3.8) is 0 Å². The topological polar surface area (TPSA) is 17.1 Å². The monoisotopic (exact) mass is 286 g/mol. The van der Waals surface area contributed by atoms with Crippen LogP contribution >= 0.6 is 0 Å². The summed E-state index contributed by atoms with van der Waals surface area (Å²) in [6.45, 7) is 13.6. The number of ketones is 1. The SMILES string of the molecule is CC(C)CCC(=O)c1ccc2c(c1)C(C)(C)CCC2(C)C. The number of hydrogen-bond acceptors (Lipinski definition) is 1. The number of rotatable bonds is 4. The third-order valence-electron chi connectivity index (χ3n) is 5.12. The van der Waals surface area contributed by atoms with Crippen LogP contribution in [0.4, 0.5) is 0 Å². The van der Waals surface area contributed by atoms with Gasteiger partial charge in [0.15, 0.2) is 5.78 Å². The maximum Gasteiger partial charge on any atom is 0.162 e.